The van der Waals surface area contributed by atoms with Gasteiger partial charge in [-0.15, -0.1) is 0 Å². The van der Waals surface area contributed by atoms with E-state index in [2.05, 4.69) is 0 Å². The standard InChI is InChI=1S/C7H6N2O5/c1-4-2-3-5(8(11)12)7(10)6(4)9(13)14/h2-3,10H,1H3. The molecule has 0 aliphatic heterocycles. The fourth-order valence-corrected chi connectivity index (χ4v) is 1.05. The Morgan fingerprint density at radius 1 is 1.21 bits per heavy atom. The summed E-state index contributed by atoms with van der Waals surface area (Å²) in [6, 6.07) is 2.24. The number of nitrogens with zero attached hydrogens (tertiary/aromatic N) is 2. The quantitative estimate of drug-likeness (QED) is 0.572. The highest BCUT2D eigenvalue weighted by molar-refractivity contribution is 5.62. The molecular formula is C7H6N2O5. The third-order valence-electron chi connectivity index (χ3n) is 1.71. The molecule has 7 nitrogen and oxygen atoms in total. The van der Waals surface area contributed by atoms with E-state index in [1.165, 1.54) is 13.0 Å². The number of aryl methyl sites for hydroxylation is 1. The molecule has 0 heterocycles. The number of nitro groups is 2. The minimum Gasteiger partial charge on any atom is -0.497 e. The highest BCUT2D eigenvalue weighted by atomic mass is 16.6. The van der Waals surface area contributed by atoms with Gasteiger partial charge in [-0.25, -0.2) is 0 Å². The molecule has 0 amide bonds. The van der Waals surface area contributed by atoms with Gasteiger partial charge in [-0.3, -0.25) is 20.2 Å². The van der Waals surface area contributed by atoms with Gasteiger partial charge >= 0.3 is 11.4 Å². The Kier molecular flexibility index (Phi) is 2.32. The number of aromatic hydroxyl groups is 1. The summed E-state index contributed by atoms with van der Waals surface area (Å²) in [5.41, 5.74) is -1.11. The van der Waals surface area contributed by atoms with Crippen LogP contribution in [0.3, 0.4) is 0 Å². The molecule has 0 aliphatic rings. The van der Waals surface area contributed by atoms with Gasteiger partial charge in [-0.1, -0.05) is 0 Å². The maximum atomic E-state index is 10.4. The lowest BCUT2D eigenvalue weighted by molar-refractivity contribution is -0.396. The Morgan fingerprint density at radius 2 is 1.79 bits per heavy atom. The smallest absolute Gasteiger partial charge is 0.320 e. The van der Waals surface area contributed by atoms with E-state index in [1.807, 2.05) is 0 Å². The van der Waals surface area contributed by atoms with Crippen LogP contribution in [-0.4, -0.2) is 15.0 Å². The van der Waals surface area contributed by atoms with Gasteiger partial charge in [0.15, 0.2) is 0 Å². The zero-order valence-corrected chi connectivity index (χ0v) is 7.13. The normalized spacial score (nSPS) is 9.79. The first-order valence-corrected chi connectivity index (χ1v) is 3.56. The molecule has 1 rings (SSSR count). The lowest BCUT2D eigenvalue weighted by atomic mass is 10.1. The first kappa shape index (κ1) is 9.90. The monoisotopic (exact) mass is 198 g/mol. The Morgan fingerprint density at radius 3 is 2.21 bits per heavy atom. The van der Waals surface area contributed by atoms with Gasteiger partial charge in [0.25, 0.3) is 5.75 Å². The van der Waals surface area contributed by atoms with E-state index in [0.717, 1.165) is 6.07 Å². The summed E-state index contributed by atoms with van der Waals surface area (Å²) in [4.78, 5) is 19.0. The first-order valence-electron chi connectivity index (χ1n) is 3.56. The second kappa shape index (κ2) is 3.29. The van der Waals surface area contributed by atoms with Crippen molar-refractivity contribution in [2.45, 2.75) is 6.92 Å². The van der Waals surface area contributed by atoms with Crippen molar-refractivity contribution in [2.24, 2.45) is 0 Å². The fourth-order valence-electron chi connectivity index (χ4n) is 1.05. The predicted molar refractivity (Wildman–Crippen MR) is 46.2 cm³/mol. The molecular weight excluding hydrogens is 192 g/mol. The van der Waals surface area contributed by atoms with Crippen LogP contribution >= 0.6 is 0 Å². The van der Waals surface area contributed by atoms with Crippen molar-refractivity contribution < 1.29 is 15.0 Å². The molecule has 0 unspecified atom stereocenters. The molecule has 0 bridgehead atoms. The average Bonchev–Trinajstić information content (AvgIpc) is 2.02. The summed E-state index contributed by atoms with van der Waals surface area (Å²) < 4.78 is 0. The van der Waals surface area contributed by atoms with Crippen molar-refractivity contribution in [3.05, 3.63) is 37.9 Å². The molecule has 0 saturated heterocycles. The highest BCUT2D eigenvalue weighted by Gasteiger charge is 2.26. The van der Waals surface area contributed by atoms with E-state index in [-0.39, 0.29) is 5.56 Å². The number of hydrogen-bond acceptors (Lipinski definition) is 5. The van der Waals surface area contributed by atoms with Gasteiger partial charge in [0, 0.05) is 11.6 Å². The maximum absolute atomic E-state index is 10.4. The van der Waals surface area contributed by atoms with Crippen molar-refractivity contribution in [1.29, 1.82) is 0 Å². The van der Waals surface area contributed by atoms with Gasteiger partial charge in [0.2, 0.25) is 0 Å². The summed E-state index contributed by atoms with van der Waals surface area (Å²) in [5.74, 6) is -0.903. The summed E-state index contributed by atoms with van der Waals surface area (Å²) in [7, 11) is 0. The molecule has 0 fully saturated rings. The first-order chi connectivity index (χ1) is 6.45. The maximum Gasteiger partial charge on any atom is 0.320 e. The highest BCUT2D eigenvalue weighted by Crippen LogP contribution is 2.37. The molecule has 1 aromatic rings. The number of rotatable bonds is 2. The van der Waals surface area contributed by atoms with Crippen LogP contribution in [0.2, 0.25) is 0 Å². The molecule has 0 aromatic heterocycles. The van der Waals surface area contributed by atoms with Gasteiger partial charge in [-0.2, -0.15) is 0 Å². The van der Waals surface area contributed by atoms with E-state index in [9.17, 15) is 25.3 Å². The Hall–Kier alpha value is -2.18. The number of benzene rings is 1. The molecule has 1 N–H and O–H groups in total. The van der Waals surface area contributed by atoms with E-state index in [1.54, 1.807) is 0 Å². The second-order valence-corrected chi connectivity index (χ2v) is 2.61. The lowest BCUT2D eigenvalue weighted by Gasteiger charge is -1.99. The van der Waals surface area contributed by atoms with Crippen LogP contribution < -0.4 is 0 Å². The second-order valence-electron chi connectivity index (χ2n) is 2.61. The summed E-state index contributed by atoms with van der Waals surface area (Å²) in [6.07, 6.45) is 0. The molecule has 0 aliphatic carbocycles. The van der Waals surface area contributed by atoms with E-state index in [0.29, 0.717) is 0 Å². The van der Waals surface area contributed by atoms with Crippen LogP contribution in [0.15, 0.2) is 12.1 Å². The minimum absolute atomic E-state index is 0.179. The Labute approximate surface area is 77.9 Å². The molecule has 0 saturated carbocycles. The van der Waals surface area contributed by atoms with Crippen LogP contribution in [0.1, 0.15) is 5.56 Å². The van der Waals surface area contributed by atoms with Gasteiger partial charge in [-0.05, 0) is 13.0 Å². The topological polar surface area (TPSA) is 107 Å². The van der Waals surface area contributed by atoms with Crippen molar-refractivity contribution in [3.63, 3.8) is 0 Å². The Bertz CT molecular complexity index is 415. The molecule has 0 spiro atoms. The fraction of sp³-hybridized carbons (Fsp3) is 0.143. The zero-order valence-electron chi connectivity index (χ0n) is 7.13. The average molecular weight is 198 g/mol. The number of phenolic OH excluding ortho intramolecular Hbond substituents is 1. The van der Waals surface area contributed by atoms with Gasteiger partial charge in [0.05, 0.1) is 9.85 Å². The Balaban J connectivity index is 3.49. The summed E-state index contributed by atoms with van der Waals surface area (Å²) in [6.45, 7) is 1.39. The number of hydrogen-bond donors (Lipinski definition) is 1. The molecule has 0 atom stereocenters. The van der Waals surface area contributed by atoms with Crippen molar-refractivity contribution >= 4 is 11.4 Å². The van der Waals surface area contributed by atoms with Crippen LogP contribution in [0.25, 0.3) is 0 Å². The van der Waals surface area contributed by atoms with E-state index in [4.69, 9.17) is 0 Å². The molecule has 1 aromatic carbocycles. The molecule has 14 heavy (non-hydrogen) atoms. The SMILES string of the molecule is Cc1ccc([N+](=O)[O-])c(O)c1[N+](=O)[O-]. The predicted octanol–water partition coefficient (Wildman–Crippen LogP) is 1.52. The van der Waals surface area contributed by atoms with E-state index >= 15 is 0 Å². The number of phenols is 1. The zero-order chi connectivity index (χ0) is 10.9. The molecule has 7 heteroatoms. The van der Waals surface area contributed by atoms with Gasteiger partial charge < -0.3 is 5.11 Å². The van der Waals surface area contributed by atoms with Crippen LogP contribution in [0.5, 0.6) is 5.75 Å². The van der Waals surface area contributed by atoms with Crippen LogP contribution in [0, 0.1) is 27.2 Å². The third-order valence-corrected chi connectivity index (χ3v) is 1.71. The van der Waals surface area contributed by atoms with Gasteiger partial charge in [0.1, 0.15) is 0 Å². The lowest BCUT2D eigenvalue weighted by Crippen LogP contribution is -1.96. The van der Waals surface area contributed by atoms with Crippen LogP contribution in [0.4, 0.5) is 11.4 Å². The van der Waals surface area contributed by atoms with Crippen LogP contribution in [-0.2, 0) is 0 Å². The van der Waals surface area contributed by atoms with Crippen molar-refractivity contribution in [1.82, 2.24) is 0 Å². The minimum atomic E-state index is -0.903. The molecule has 74 valence electrons. The van der Waals surface area contributed by atoms with Crippen molar-refractivity contribution in [3.8, 4) is 5.75 Å². The summed E-state index contributed by atoms with van der Waals surface area (Å²) in [5, 5.41) is 30.0. The third kappa shape index (κ3) is 1.47. The summed E-state index contributed by atoms with van der Waals surface area (Å²) >= 11 is 0. The molecule has 0 radical (unpaired) electrons. The largest absolute Gasteiger partial charge is 0.497 e. The van der Waals surface area contributed by atoms with E-state index < -0.39 is 27.0 Å². The number of nitro benzene ring substituents is 2. The van der Waals surface area contributed by atoms with Crippen molar-refractivity contribution in [2.75, 3.05) is 0 Å².